The summed E-state index contributed by atoms with van der Waals surface area (Å²) in [5.41, 5.74) is 9.00. The first-order valence-electron chi connectivity index (χ1n) is 9.46. The maximum absolute atomic E-state index is 10.6. The third-order valence-electron chi connectivity index (χ3n) is 4.99. The van der Waals surface area contributed by atoms with Crippen molar-refractivity contribution in [1.29, 1.82) is 0 Å². The molecule has 0 aliphatic carbocycles. The SMILES string of the molecule is NCC(O)C(c1ccccc1)n1ccc2cc(OCc3ccccc3)ccc21. The number of hydrogen-bond acceptors (Lipinski definition) is 3. The van der Waals surface area contributed by atoms with Gasteiger partial charge >= 0.3 is 0 Å². The molecule has 2 atom stereocenters. The van der Waals surface area contributed by atoms with Crippen molar-refractivity contribution in [1.82, 2.24) is 4.57 Å². The molecule has 3 N–H and O–H groups in total. The fourth-order valence-corrected chi connectivity index (χ4v) is 3.56. The largest absolute Gasteiger partial charge is 0.489 e. The molecule has 1 heterocycles. The van der Waals surface area contributed by atoms with E-state index in [0.29, 0.717) is 6.61 Å². The summed E-state index contributed by atoms with van der Waals surface area (Å²) in [5, 5.41) is 11.7. The topological polar surface area (TPSA) is 60.4 Å². The number of nitrogens with two attached hydrogens (primary N) is 1. The number of fused-ring (bicyclic) bond motifs is 1. The van der Waals surface area contributed by atoms with Gasteiger partial charge in [-0.2, -0.15) is 0 Å². The monoisotopic (exact) mass is 372 g/mol. The van der Waals surface area contributed by atoms with E-state index in [2.05, 4.69) is 4.57 Å². The van der Waals surface area contributed by atoms with E-state index in [4.69, 9.17) is 10.5 Å². The summed E-state index contributed by atoms with van der Waals surface area (Å²) < 4.78 is 8.03. The molecule has 4 aromatic rings. The van der Waals surface area contributed by atoms with Crippen LogP contribution in [-0.4, -0.2) is 22.3 Å². The van der Waals surface area contributed by atoms with E-state index >= 15 is 0 Å². The summed E-state index contributed by atoms with van der Waals surface area (Å²) in [5.74, 6) is 0.824. The molecule has 4 heteroatoms. The molecule has 0 aliphatic heterocycles. The number of hydrogen-bond donors (Lipinski definition) is 2. The van der Waals surface area contributed by atoms with Gasteiger partial charge in [0.1, 0.15) is 12.4 Å². The van der Waals surface area contributed by atoms with Crippen molar-refractivity contribution in [2.24, 2.45) is 5.73 Å². The number of benzene rings is 3. The molecule has 4 rings (SSSR count). The van der Waals surface area contributed by atoms with Crippen molar-refractivity contribution in [2.75, 3.05) is 6.54 Å². The first-order chi connectivity index (χ1) is 13.8. The van der Waals surface area contributed by atoms with Crippen LogP contribution < -0.4 is 10.5 Å². The zero-order valence-corrected chi connectivity index (χ0v) is 15.6. The Bertz CT molecular complexity index is 1030. The minimum Gasteiger partial charge on any atom is -0.489 e. The van der Waals surface area contributed by atoms with Crippen LogP contribution in [-0.2, 0) is 6.61 Å². The Kier molecular flexibility index (Phi) is 5.42. The van der Waals surface area contributed by atoms with Gasteiger partial charge in [-0.15, -0.1) is 0 Å². The molecular formula is C24H24N2O2. The van der Waals surface area contributed by atoms with E-state index in [1.807, 2.05) is 91.1 Å². The third-order valence-corrected chi connectivity index (χ3v) is 4.99. The molecule has 0 saturated heterocycles. The maximum Gasteiger partial charge on any atom is 0.120 e. The van der Waals surface area contributed by atoms with Gasteiger partial charge in [-0.1, -0.05) is 60.7 Å². The predicted octanol–water partition coefficient (Wildman–Crippen LogP) is 4.13. The van der Waals surface area contributed by atoms with Crippen LogP contribution >= 0.6 is 0 Å². The third kappa shape index (κ3) is 3.79. The Morgan fingerprint density at radius 3 is 2.32 bits per heavy atom. The van der Waals surface area contributed by atoms with Crippen molar-refractivity contribution in [2.45, 2.75) is 18.8 Å². The number of aromatic nitrogens is 1. The Balaban J connectivity index is 1.63. The van der Waals surface area contributed by atoms with Gasteiger partial charge in [-0.05, 0) is 35.4 Å². The molecule has 0 radical (unpaired) electrons. The van der Waals surface area contributed by atoms with Gasteiger partial charge in [0.2, 0.25) is 0 Å². The zero-order chi connectivity index (χ0) is 19.3. The second kappa shape index (κ2) is 8.30. The van der Waals surface area contributed by atoms with Gasteiger partial charge in [0.05, 0.1) is 12.1 Å². The molecule has 28 heavy (non-hydrogen) atoms. The first kappa shape index (κ1) is 18.3. The zero-order valence-electron chi connectivity index (χ0n) is 15.6. The van der Waals surface area contributed by atoms with Crippen molar-refractivity contribution < 1.29 is 9.84 Å². The van der Waals surface area contributed by atoms with Gasteiger partial charge in [0.15, 0.2) is 0 Å². The lowest BCUT2D eigenvalue weighted by molar-refractivity contribution is 0.140. The van der Waals surface area contributed by atoms with E-state index in [0.717, 1.165) is 27.8 Å². The lowest BCUT2D eigenvalue weighted by Crippen LogP contribution is -2.31. The molecule has 1 aromatic heterocycles. The predicted molar refractivity (Wildman–Crippen MR) is 112 cm³/mol. The number of aliphatic hydroxyl groups is 1. The van der Waals surface area contributed by atoms with Gasteiger partial charge < -0.3 is 20.1 Å². The van der Waals surface area contributed by atoms with Crippen molar-refractivity contribution in [3.05, 3.63) is 102 Å². The van der Waals surface area contributed by atoms with E-state index in [-0.39, 0.29) is 12.6 Å². The summed E-state index contributed by atoms with van der Waals surface area (Å²) in [6.07, 6.45) is 1.33. The molecule has 2 unspecified atom stereocenters. The normalized spacial score (nSPS) is 13.4. The van der Waals surface area contributed by atoms with E-state index in [1.165, 1.54) is 0 Å². The Hall–Kier alpha value is -3.08. The summed E-state index contributed by atoms with van der Waals surface area (Å²) in [4.78, 5) is 0. The number of aliphatic hydroxyl groups excluding tert-OH is 1. The molecule has 142 valence electrons. The van der Waals surface area contributed by atoms with E-state index < -0.39 is 6.10 Å². The highest BCUT2D eigenvalue weighted by molar-refractivity contribution is 5.82. The minimum atomic E-state index is -0.674. The molecule has 0 saturated carbocycles. The lowest BCUT2D eigenvalue weighted by Gasteiger charge is -2.25. The standard InChI is InChI=1S/C24H24N2O2/c25-16-23(27)24(19-9-5-2-6-10-19)26-14-13-20-15-21(11-12-22(20)26)28-17-18-7-3-1-4-8-18/h1-15,23-24,27H,16-17,25H2. The number of nitrogens with zero attached hydrogens (tertiary/aromatic N) is 1. The molecule has 0 fully saturated rings. The van der Waals surface area contributed by atoms with Crippen LogP contribution in [0.3, 0.4) is 0 Å². The van der Waals surface area contributed by atoms with Crippen molar-refractivity contribution in [3.63, 3.8) is 0 Å². The van der Waals surface area contributed by atoms with Crippen molar-refractivity contribution >= 4 is 10.9 Å². The van der Waals surface area contributed by atoms with Gasteiger partial charge in [0, 0.05) is 23.6 Å². The summed E-state index contributed by atoms with van der Waals surface area (Å²) in [6.45, 7) is 0.725. The highest BCUT2D eigenvalue weighted by Gasteiger charge is 2.23. The molecule has 4 nitrogen and oxygen atoms in total. The second-order valence-corrected chi connectivity index (χ2v) is 6.88. The van der Waals surface area contributed by atoms with Crippen LogP contribution in [0.4, 0.5) is 0 Å². The van der Waals surface area contributed by atoms with E-state index in [1.54, 1.807) is 0 Å². The van der Waals surface area contributed by atoms with Gasteiger partial charge in [-0.25, -0.2) is 0 Å². The Morgan fingerprint density at radius 1 is 0.893 bits per heavy atom. The quantitative estimate of drug-likeness (QED) is 0.513. The summed E-state index contributed by atoms with van der Waals surface area (Å²) >= 11 is 0. The molecule has 0 aliphatic rings. The highest BCUT2D eigenvalue weighted by Crippen LogP contribution is 2.30. The highest BCUT2D eigenvalue weighted by atomic mass is 16.5. The smallest absolute Gasteiger partial charge is 0.120 e. The summed E-state index contributed by atoms with van der Waals surface area (Å²) in [6, 6.07) is 27.9. The molecule has 0 amide bonds. The average molecular weight is 372 g/mol. The minimum absolute atomic E-state index is 0.192. The van der Waals surface area contributed by atoms with Crippen LogP contribution in [0, 0.1) is 0 Å². The second-order valence-electron chi connectivity index (χ2n) is 6.88. The van der Waals surface area contributed by atoms with Crippen LogP contribution in [0.5, 0.6) is 5.75 Å². The van der Waals surface area contributed by atoms with Crippen LogP contribution in [0.1, 0.15) is 17.2 Å². The molecular weight excluding hydrogens is 348 g/mol. The summed E-state index contributed by atoms with van der Waals surface area (Å²) in [7, 11) is 0. The Labute approximate surface area is 164 Å². The van der Waals surface area contributed by atoms with Crippen molar-refractivity contribution in [3.8, 4) is 5.75 Å². The van der Waals surface area contributed by atoms with Crippen LogP contribution in [0.25, 0.3) is 10.9 Å². The van der Waals surface area contributed by atoms with Crippen LogP contribution in [0.2, 0.25) is 0 Å². The fraction of sp³-hybridized carbons (Fsp3) is 0.167. The Morgan fingerprint density at radius 2 is 1.61 bits per heavy atom. The lowest BCUT2D eigenvalue weighted by atomic mass is 10.0. The van der Waals surface area contributed by atoms with Crippen LogP contribution in [0.15, 0.2) is 91.1 Å². The average Bonchev–Trinajstić information content (AvgIpc) is 3.17. The first-order valence-corrected chi connectivity index (χ1v) is 9.46. The number of ether oxygens (including phenoxy) is 1. The number of rotatable bonds is 7. The molecule has 0 spiro atoms. The molecule has 3 aromatic carbocycles. The molecule has 0 bridgehead atoms. The maximum atomic E-state index is 10.6. The fourth-order valence-electron chi connectivity index (χ4n) is 3.56. The van der Waals surface area contributed by atoms with Gasteiger partial charge in [0.25, 0.3) is 0 Å². The van der Waals surface area contributed by atoms with Gasteiger partial charge in [-0.3, -0.25) is 0 Å². The van der Waals surface area contributed by atoms with E-state index in [9.17, 15) is 5.11 Å².